The van der Waals surface area contributed by atoms with Crippen LogP contribution in [0.5, 0.6) is 121 Å². The summed E-state index contributed by atoms with van der Waals surface area (Å²) in [5.74, 6) is -10.1. The minimum absolute atomic E-state index is 0. The number of carbonyl (C=O) groups is 1. The molecule has 2 aliphatic heterocycles. The van der Waals surface area contributed by atoms with Crippen molar-refractivity contribution >= 4 is 99.8 Å². The first-order valence-electron chi connectivity index (χ1n) is 40.2. The monoisotopic (exact) mass is 1990 g/mol. The van der Waals surface area contributed by atoms with Gasteiger partial charge >= 0.3 is 65.1 Å². The van der Waals surface area contributed by atoms with E-state index in [9.17, 15) is 150 Å². The summed E-state index contributed by atoms with van der Waals surface area (Å²) in [4.78, 5) is 47.7. The molecular weight excluding hydrogens is 1910 g/mol. The van der Waals surface area contributed by atoms with E-state index in [4.69, 9.17) is 44.7 Å². The molecule has 718 valence electrons. The Morgan fingerprint density at radius 1 is 0.454 bits per heavy atom. The number of aliphatic hydroxyl groups is 3. The van der Waals surface area contributed by atoms with Crippen molar-refractivity contribution in [1.82, 2.24) is 0 Å². The Labute approximate surface area is 839 Å². The SMILES string of the molecule is Nc1cc(=O)c2ccccc2o1.Nc1cccc2cccc(N)c12.O=C(O[C@@H]1Cc2c(O)cc(O)cc2O[C@@H]1c1cc(O)c(O)c(O)c1)c1cc(O)c(O)c(O)c1.O=S(=O)([O-])c1cc(O)c2c(O)cc(SOO[O-])cc2c1.O=c1c(O)c(-c2ccc(O)cc2O)oc2cc(O)cc(O)c12.O=c1cc(-c2ccccc2)oc2cc(O)cc(O)c12.OC1=C(O)CC([C@H]2Oc3cc(O)cc(O)c3C[C@H]2O)C=C1.[Na+].[Na+]. The molecular formula is C96H77N3Na2O38S2. The average Bonchev–Trinajstić information content (AvgIpc) is 0.764. The number of nitrogens with two attached hydrogens (primary N) is 3. The second kappa shape index (κ2) is 44.5. The molecule has 5 atom stereocenters. The molecule has 0 bridgehead atoms. The molecule has 3 aromatic heterocycles. The number of hydrogen-bond acceptors (Lipinski definition) is 42. The van der Waals surface area contributed by atoms with E-state index in [1.165, 1.54) is 60.7 Å². The summed E-state index contributed by atoms with van der Waals surface area (Å²) in [6, 6.07) is 51.2. The number of carbonyl (C=O) groups excluding carboxylic acids is 1. The number of aromatic hydroxyl groups is 19. The molecule has 1 aliphatic carbocycles. The number of fused-ring (bicyclic) bond motifs is 7. The van der Waals surface area contributed by atoms with E-state index in [0.29, 0.717) is 40.1 Å². The Morgan fingerprint density at radius 2 is 0.993 bits per heavy atom. The van der Waals surface area contributed by atoms with Gasteiger partial charge in [0.1, 0.15) is 142 Å². The number of phenolic OH excluding ortho intramolecular Hbond substituents is 18. The van der Waals surface area contributed by atoms with Crippen molar-refractivity contribution in [2.45, 2.75) is 53.5 Å². The number of rotatable bonds is 10. The fraction of sp³-hybridized carbons (Fsp3) is 0.0833. The summed E-state index contributed by atoms with van der Waals surface area (Å²) in [5.41, 5.74) is 18.7. The number of benzene rings is 13. The molecule has 0 fully saturated rings. The van der Waals surface area contributed by atoms with Crippen LogP contribution in [0, 0.1) is 5.92 Å². The van der Waals surface area contributed by atoms with Gasteiger partial charge in [-0.05, 0) is 102 Å². The van der Waals surface area contributed by atoms with Gasteiger partial charge in [-0.1, -0.05) is 72.8 Å². The van der Waals surface area contributed by atoms with Crippen LogP contribution in [0.2, 0.25) is 0 Å². The van der Waals surface area contributed by atoms with Crippen LogP contribution in [0.3, 0.4) is 0 Å². The largest absolute Gasteiger partial charge is 1.00 e. The van der Waals surface area contributed by atoms with Crippen molar-refractivity contribution in [2.24, 2.45) is 5.92 Å². The van der Waals surface area contributed by atoms with Crippen LogP contribution < -0.4 is 107 Å². The van der Waals surface area contributed by atoms with Crippen molar-refractivity contribution in [1.29, 1.82) is 0 Å². The summed E-state index contributed by atoms with van der Waals surface area (Å²) in [5, 5.41) is 229. The van der Waals surface area contributed by atoms with Gasteiger partial charge in [0.15, 0.2) is 68.9 Å². The third-order valence-electron chi connectivity index (χ3n) is 21.1. The minimum Gasteiger partial charge on any atom is -0.744 e. The van der Waals surface area contributed by atoms with Crippen molar-refractivity contribution in [3.63, 3.8) is 0 Å². The fourth-order valence-electron chi connectivity index (χ4n) is 14.7. The Hall–Kier alpha value is -16.1. The molecule has 141 heavy (non-hydrogen) atoms. The third-order valence-corrected chi connectivity index (χ3v) is 22.4. The summed E-state index contributed by atoms with van der Waals surface area (Å²) in [7, 11) is -4.76. The first kappa shape index (κ1) is 105. The molecule has 1 unspecified atom stereocenters. The molecule has 0 radical (unpaired) electrons. The number of aliphatic hydroxyl groups excluding tert-OH is 3. The van der Waals surface area contributed by atoms with Crippen LogP contribution in [0.4, 0.5) is 17.3 Å². The van der Waals surface area contributed by atoms with E-state index >= 15 is 0 Å². The van der Waals surface area contributed by atoms with Gasteiger partial charge in [-0.3, -0.25) is 19.4 Å². The summed E-state index contributed by atoms with van der Waals surface area (Å²) < 4.78 is 69.9. The van der Waals surface area contributed by atoms with Gasteiger partial charge in [-0.2, -0.15) is 4.33 Å². The molecule has 41 nitrogen and oxygen atoms in total. The predicted molar refractivity (Wildman–Crippen MR) is 493 cm³/mol. The standard InChI is InChI=1S/C22H18O11.C15H10O7.C15H16O6.C15H10O4.C10H10N2.C10H8O8S2.C9H7NO2.2Na/c23-10-5-12(24)11-7-18(33-22(31)9-3-15(27)20(30)16(28)4-9)21(32-17(11)6-10)8-1-13(25)19(29)14(26)2-8;16-6-1-2-8(9(18)3-6)15-14(21)13(20)12-10(19)4-7(17)5-11(12)22-15;16-8-4-11(18)9-6-13(20)15(21-14(9)5-8)7-1-2-10(17)12(19)3-7;16-10-6-11(17)15-12(18)8-13(19-14(15)7-10)9-4-2-1-3-5-9;11-8-5-1-3-7-4-2-6-9(12)10(7)8;11-8-3-6(19-18-17-13)1-5-2-7(20(14,15)16)4-9(12)10(5)8;10-9-5-7(11)6-3-1-2-4-8(6)12-9;;/h1-6,18,21,23-30H,7H2;1-5,16-19,21H;1-2,4-5,7,13,15-20H,3,6H2;1-8,16-17H;1-6H,11-12H2;1-4,11-13H,(H,14,15,16);1-5H,10H2;;/q;;;;;;;2*+1/p-2/t18-,21-;;7?,13-,15-;;;;;;/m1.1....../s1. The van der Waals surface area contributed by atoms with E-state index in [0.717, 1.165) is 101 Å². The Balaban J connectivity index is 0.000000160. The molecule has 0 amide bonds. The zero-order valence-corrected chi connectivity index (χ0v) is 78.5. The van der Waals surface area contributed by atoms with Crippen LogP contribution in [0.25, 0.3) is 77.1 Å². The molecule has 0 spiro atoms. The Kier molecular flexibility index (Phi) is 33.3. The number of anilines is 3. The smallest absolute Gasteiger partial charge is 0.744 e. The Morgan fingerprint density at radius 3 is 1.58 bits per heavy atom. The average molecular weight is 1990 g/mol. The number of para-hydroxylation sites is 1. The van der Waals surface area contributed by atoms with Crippen molar-refractivity contribution in [3.8, 4) is 143 Å². The first-order chi connectivity index (χ1) is 65.9. The number of hydrogen-bond donors (Lipinski definition) is 25. The maximum atomic E-state index is 12.7. The topological polar surface area (TPSA) is 757 Å². The molecule has 13 aromatic carbocycles. The zero-order chi connectivity index (χ0) is 101. The van der Waals surface area contributed by atoms with Crippen LogP contribution in [0.1, 0.15) is 39.6 Å². The molecule has 5 heterocycles. The van der Waals surface area contributed by atoms with E-state index in [1.54, 1.807) is 30.3 Å². The normalized spacial score (nSPS) is 14.8. The number of nitrogen functional groups attached to an aromatic ring is 3. The summed E-state index contributed by atoms with van der Waals surface area (Å²) in [6.45, 7) is 0. The van der Waals surface area contributed by atoms with Crippen molar-refractivity contribution in [2.75, 3.05) is 17.2 Å². The van der Waals surface area contributed by atoms with Gasteiger partial charge in [0, 0.05) is 136 Å². The van der Waals surface area contributed by atoms with Crippen LogP contribution in [-0.2, 0) is 37.1 Å². The predicted octanol–water partition coefficient (Wildman–Crippen LogP) is 6.53. The van der Waals surface area contributed by atoms with Gasteiger partial charge in [0.05, 0.1) is 44.9 Å². The van der Waals surface area contributed by atoms with Gasteiger partial charge < -0.3 is 167 Å². The Bertz CT molecular complexity index is 7780. The van der Waals surface area contributed by atoms with Gasteiger partial charge in [0.25, 0.3) is 0 Å². The van der Waals surface area contributed by atoms with Gasteiger partial charge in [-0.25, -0.2) is 13.2 Å². The van der Waals surface area contributed by atoms with Gasteiger partial charge in [0.2, 0.25) is 11.2 Å². The summed E-state index contributed by atoms with van der Waals surface area (Å²) >= 11 is 0.465. The van der Waals surface area contributed by atoms with Crippen LogP contribution >= 0.6 is 12.0 Å². The maximum absolute atomic E-state index is 12.7. The van der Waals surface area contributed by atoms with Crippen LogP contribution in [0.15, 0.2) is 279 Å². The number of esters is 1. The quantitative estimate of drug-likeness (QED) is 0.0101. The van der Waals surface area contributed by atoms with E-state index in [-0.39, 0.29) is 236 Å². The molecule has 19 rings (SSSR count). The summed E-state index contributed by atoms with van der Waals surface area (Å²) in [6.07, 6.45) is -0.610. The fourth-order valence-corrected chi connectivity index (χ4v) is 15.7. The van der Waals surface area contributed by atoms with E-state index < -0.39 is 108 Å². The number of ether oxygens (including phenoxy) is 3. The zero-order valence-electron chi connectivity index (χ0n) is 72.9. The molecule has 0 saturated heterocycles. The minimum atomic E-state index is -4.76. The molecule has 16 aromatic rings. The first-order valence-corrected chi connectivity index (χ1v) is 42.4. The van der Waals surface area contributed by atoms with Crippen LogP contribution in [-0.4, -0.2) is 150 Å². The molecule has 45 heteroatoms. The van der Waals surface area contributed by atoms with E-state index in [1.807, 2.05) is 66.7 Å². The maximum Gasteiger partial charge on any atom is 1.00 e. The third kappa shape index (κ3) is 24.3. The van der Waals surface area contributed by atoms with Gasteiger partial charge in [-0.15, -0.1) is 0 Å². The second-order valence-corrected chi connectivity index (χ2v) is 32.7. The second-order valence-electron chi connectivity index (χ2n) is 30.5. The molecule has 0 saturated carbocycles. The van der Waals surface area contributed by atoms with Crippen molar-refractivity contribution in [3.05, 3.63) is 295 Å². The van der Waals surface area contributed by atoms with E-state index in [2.05, 4.69) is 9.37 Å². The number of allylic oxidation sites excluding steroid dienone is 2. The molecule has 28 N–H and O–H groups in total. The molecule has 3 aliphatic rings. The number of phenols is 18. The van der Waals surface area contributed by atoms with Crippen molar-refractivity contribution < 1.29 is 231 Å².